The number of ether oxygens (including phenoxy) is 3. The summed E-state index contributed by atoms with van der Waals surface area (Å²) < 4.78 is 32.6. The number of pyridine rings is 1. The molecule has 1 aliphatic heterocycles. The number of fused-ring (bicyclic) bond motifs is 1. The monoisotopic (exact) mass is 577 g/mol. The highest BCUT2D eigenvalue weighted by Crippen LogP contribution is 2.32. The van der Waals surface area contributed by atoms with Crippen LogP contribution in [0.1, 0.15) is 53.3 Å². The molecule has 0 saturated carbocycles. The molecule has 0 spiro atoms. The van der Waals surface area contributed by atoms with Crippen molar-refractivity contribution >= 4 is 34.3 Å². The highest BCUT2D eigenvalue weighted by molar-refractivity contribution is 6.30. The summed E-state index contributed by atoms with van der Waals surface area (Å²) in [5, 5.41) is 0.340. The van der Waals surface area contributed by atoms with Crippen LogP contribution < -0.4 is 4.74 Å². The van der Waals surface area contributed by atoms with Gasteiger partial charge in [0, 0.05) is 42.1 Å². The third kappa shape index (κ3) is 6.08. The van der Waals surface area contributed by atoms with Crippen molar-refractivity contribution in [3.05, 3.63) is 82.4 Å². The molecule has 9 nitrogen and oxygen atoms in total. The molecule has 0 N–H and O–H groups in total. The van der Waals surface area contributed by atoms with Crippen molar-refractivity contribution in [1.82, 2.24) is 24.5 Å². The van der Waals surface area contributed by atoms with Crippen molar-refractivity contribution in [3.63, 3.8) is 0 Å². The van der Waals surface area contributed by atoms with E-state index in [1.807, 2.05) is 0 Å². The van der Waals surface area contributed by atoms with E-state index in [0.29, 0.717) is 46.0 Å². The minimum absolute atomic E-state index is 0.0451. The zero-order valence-corrected chi connectivity index (χ0v) is 23.3. The number of imidazole rings is 1. The third-order valence-corrected chi connectivity index (χ3v) is 7.82. The Morgan fingerprint density at radius 1 is 1.20 bits per heavy atom. The molecule has 0 radical (unpaired) electrons. The highest BCUT2D eigenvalue weighted by atomic mass is 35.5. The Balaban J connectivity index is 1.15. The van der Waals surface area contributed by atoms with Crippen LogP contribution in [0.3, 0.4) is 0 Å². The van der Waals surface area contributed by atoms with E-state index in [0.717, 1.165) is 55.6 Å². The smallest absolute Gasteiger partial charge is 0.339 e. The van der Waals surface area contributed by atoms with Gasteiger partial charge in [-0.2, -0.15) is 4.98 Å². The molecule has 0 bridgehead atoms. The molecule has 3 aromatic heterocycles. The molecule has 4 aromatic rings. The number of carbonyl (C=O) groups excluding carboxylic acids is 1. The van der Waals surface area contributed by atoms with Crippen molar-refractivity contribution < 1.29 is 23.4 Å². The van der Waals surface area contributed by atoms with Crippen molar-refractivity contribution in [1.29, 1.82) is 0 Å². The second-order valence-corrected chi connectivity index (χ2v) is 10.7. The number of esters is 1. The Bertz CT molecular complexity index is 1620. The molecule has 11 heteroatoms. The number of carbonyl (C=O) groups is 1. The average molecular weight is 578 g/mol. The van der Waals surface area contributed by atoms with Gasteiger partial charge < -0.3 is 18.8 Å². The van der Waals surface area contributed by atoms with Crippen LogP contribution in [0, 0.1) is 11.7 Å². The van der Waals surface area contributed by atoms with Crippen molar-refractivity contribution in [3.8, 4) is 5.88 Å². The molecule has 1 aliphatic carbocycles. The fourth-order valence-electron chi connectivity index (χ4n) is 5.18. The summed E-state index contributed by atoms with van der Waals surface area (Å²) in [5.41, 5.74) is 3.29. The highest BCUT2D eigenvalue weighted by Gasteiger charge is 2.25. The van der Waals surface area contributed by atoms with E-state index < -0.39 is 11.8 Å². The quantitative estimate of drug-likeness (QED) is 0.237. The van der Waals surface area contributed by atoms with E-state index in [-0.39, 0.29) is 12.7 Å². The second-order valence-electron chi connectivity index (χ2n) is 10.3. The minimum Gasteiger partial charge on any atom is -0.473 e. The van der Waals surface area contributed by atoms with E-state index in [9.17, 15) is 9.18 Å². The van der Waals surface area contributed by atoms with Gasteiger partial charge >= 0.3 is 5.97 Å². The van der Waals surface area contributed by atoms with Crippen LogP contribution >= 0.6 is 11.6 Å². The van der Waals surface area contributed by atoms with Crippen molar-refractivity contribution in [2.45, 2.75) is 51.4 Å². The molecule has 2 atom stereocenters. The lowest BCUT2D eigenvalue weighted by Crippen LogP contribution is -2.32. The number of aromatic nitrogens is 5. The van der Waals surface area contributed by atoms with Gasteiger partial charge in [0.25, 0.3) is 0 Å². The second kappa shape index (κ2) is 11.9. The number of hydrogen-bond acceptors (Lipinski definition) is 8. The zero-order valence-electron chi connectivity index (χ0n) is 22.6. The first-order valence-electron chi connectivity index (χ1n) is 13.6. The molecule has 1 saturated heterocycles. The molecular formula is C30H29ClFN5O4. The minimum atomic E-state index is -0.424. The van der Waals surface area contributed by atoms with E-state index >= 15 is 0 Å². The Morgan fingerprint density at radius 2 is 2.07 bits per heavy atom. The molecule has 1 fully saturated rings. The molecule has 4 heterocycles. The van der Waals surface area contributed by atoms with Crippen LogP contribution in [0.5, 0.6) is 5.88 Å². The van der Waals surface area contributed by atoms with Gasteiger partial charge in [-0.3, -0.25) is 0 Å². The van der Waals surface area contributed by atoms with Gasteiger partial charge in [0.15, 0.2) is 11.5 Å². The summed E-state index contributed by atoms with van der Waals surface area (Å²) in [6.45, 7) is 1.48. The number of rotatable bonds is 9. The van der Waals surface area contributed by atoms with Crippen LogP contribution in [0.2, 0.25) is 5.02 Å². The molecule has 41 heavy (non-hydrogen) atoms. The lowest BCUT2D eigenvalue weighted by atomic mass is 9.87. The number of halogens is 2. The van der Waals surface area contributed by atoms with Gasteiger partial charge in [0.05, 0.1) is 30.8 Å². The first-order valence-corrected chi connectivity index (χ1v) is 14.0. The Morgan fingerprint density at radius 3 is 2.80 bits per heavy atom. The number of nitrogens with zero attached hydrogens (tertiary/aromatic N) is 5. The Labute approximate surface area is 241 Å². The zero-order chi connectivity index (χ0) is 28.3. The van der Waals surface area contributed by atoms with E-state index in [4.69, 9.17) is 30.8 Å². The van der Waals surface area contributed by atoms with Crippen molar-refractivity contribution in [2.75, 3.05) is 13.7 Å². The first-order chi connectivity index (χ1) is 20.0. The number of benzene rings is 1. The summed E-state index contributed by atoms with van der Waals surface area (Å²) in [4.78, 5) is 30.4. The standard InChI is InChI=1S/C30H29ClFN5O4/c1-39-30(38)21-13-25-29(34-15-21)35-26(37(25)16-23-9-11-40-23)12-18-2-4-19(5-3-18)28-33-10-8-27(36-28)41-17-20-6-7-22(31)14-24(20)32/h4,6-8,10,13-15,18,23H,2-3,5,9,11-12,16-17H2,1H3/t18?,23-/m0/s1. The average Bonchev–Trinajstić information content (AvgIpc) is 3.30. The molecule has 6 rings (SSSR count). The van der Waals surface area contributed by atoms with Crippen molar-refractivity contribution in [2.24, 2.45) is 5.92 Å². The number of allylic oxidation sites excluding steroid dienone is 2. The Kier molecular flexibility index (Phi) is 7.93. The number of hydrogen-bond donors (Lipinski definition) is 0. The maximum atomic E-state index is 14.1. The van der Waals surface area contributed by atoms with Gasteiger partial charge in [-0.1, -0.05) is 23.7 Å². The van der Waals surface area contributed by atoms with Crippen LogP contribution in [0.15, 0.2) is 48.8 Å². The fraction of sp³-hybridized carbons (Fsp3) is 0.367. The van der Waals surface area contributed by atoms with Crippen LogP contribution in [-0.4, -0.2) is 50.3 Å². The van der Waals surface area contributed by atoms with Crippen LogP contribution in [-0.2, 0) is 29.0 Å². The fourth-order valence-corrected chi connectivity index (χ4v) is 5.34. The van der Waals surface area contributed by atoms with Gasteiger partial charge in [-0.05, 0) is 55.4 Å². The lowest BCUT2D eigenvalue weighted by molar-refractivity contribution is -0.0590. The topological polar surface area (TPSA) is 101 Å². The lowest BCUT2D eigenvalue weighted by Gasteiger charge is -2.28. The molecule has 0 amide bonds. The molecule has 2 aliphatic rings. The van der Waals surface area contributed by atoms with E-state index in [2.05, 4.69) is 25.6 Å². The number of methoxy groups -OCH3 is 1. The predicted octanol–water partition coefficient (Wildman–Crippen LogP) is 5.59. The van der Waals surface area contributed by atoms with E-state index in [1.165, 1.54) is 19.4 Å². The first kappa shape index (κ1) is 27.3. The van der Waals surface area contributed by atoms with Crippen LogP contribution in [0.25, 0.3) is 16.7 Å². The van der Waals surface area contributed by atoms with Gasteiger partial charge in [0.2, 0.25) is 5.88 Å². The van der Waals surface area contributed by atoms with E-state index in [1.54, 1.807) is 30.5 Å². The third-order valence-electron chi connectivity index (χ3n) is 7.58. The molecule has 1 aromatic carbocycles. The van der Waals surface area contributed by atoms with Gasteiger partial charge in [0.1, 0.15) is 18.2 Å². The summed E-state index contributed by atoms with van der Waals surface area (Å²) >= 11 is 5.84. The molecule has 212 valence electrons. The summed E-state index contributed by atoms with van der Waals surface area (Å²) in [6.07, 6.45) is 9.86. The molecule has 1 unspecified atom stereocenters. The largest absolute Gasteiger partial charge is 0.473 e. The summed E-state index contributed by atoms with van der Waals surface area (Å²) in [7, 11) is 1.36. The van der Waals surface area contributed by atoms with Gasteiger partial charge in [-0.25, -0.2) is 24.1 Å². The predicted molar refractivity (Wildman–Crippen MR) is 150 cm³/mol. The maximum Gasteiger partial charge on any atom is 0.339 e. The Hall–Kier alpha value is -3.89. The van der Waals surface area contributed by atoms with Gasteiger partial charge in [-0.15, -0.1) is 0 Å². The van der Waals surface area contributed by atoms with Crippen LogP contribution in [0.4, 0.5) is 4.39 Å². The maximum absolute atomic E-state index is 14.1. The molecular weight excluding hydrogens is 549 g/mol. The normalized spacial score (nSPS) is 18.6. The summed E-state index contributed by atoms with van der Waals surface area (Å²) in [6, 6.07) is 7.96. The SMILES string of the molecule is COC(=O)c1cnc2nc(CC3CC=C(c4nccc(OCc5ccc(Cl)cc5F)n4)CC3)n(C[C@@H]3CCO3)c2c1. The summed E-state index contributed by atoms with van der Waals surface area (Å²) in [5.74, 6) is 1.48.